The van der Waals surface area contributed by atoms with Gasteiger partial charge in [-0.1, -0.05) is 30.3 Å². The lowest BCUT2D eigenvalue weighted by Gasteiger charge is -2.07. The lowest BCUT2D eigenvalue weighted by Crippen LogP contribution is -2.13. The molecule has 0 atom stereocenters. The number of nitrogens with one attached hydrogen (secondary N) is 1. The number of nitrogens with zero attached hydrogens (tertiary/aromatic N) is 2. The van der Waals surface area contributed by atoms with Gasteiger partial charge in [0.05, 0.1) is 11.8 Å². The fourth-order valence-electron chi connectivity index (χ4n) is 2.00. The Morgan fingerprint density at radius 1 is 1.17 bits per heavy atom. The molecule has 2 heterocycles. The first kappa shape index (κ1) is 10.5. The summed E-state index contributed by atoms with van der Waals surface area (Å²) in [6.07, 6.45) is 3.13. The zero-order valence-corrected chi connectivity index (χ0v) is 9.42. The molecule has 0 unspecified atom stereocenters. The maximum Gasteiger partial charge on any atom is 0.250 e. The maximum absolute atomic E-state index is 11.5. The van der Waals surface area contributed by atoms with Gasteiger partial charge in [0.1, 0.15) is 0 Å². The largest absolute Gasteiger partial charge is 0.366 e. The highest BCUT2D eigenvalue weighted by Crippen LogP contribution is 2.29. The van der Waals surface area contributed by atoms with E-state index in [9.17, 15) is 4.79 Å². The van der Waals surface area contributed by atoms with Crippen LogP contribution in [0.3, 0.4) is 0 Å². The highest BCUT2D eigenvalue weighted by atomic mass is 16.1. The smallest absolute Gasteiger partial charge is 0.250 e. The van der Waals surface area contributed by atoms with Crippen LogP contribution in [-0.2, 0) is 0 Å². The lowest BCUT2D eigenvalue weighted by molar-refractivity contribution is 0.100. The number of carbonyl (C=O) groups excluding carboxylic acids is 1. The molecule has 0 saturated carbocycles. The summed E-state index contributed by atoms with van der Waals surface area (Å²) in [6.45, 7) is 0. The van der Waals surface area contributed by atoms with Crippen molar-refractivity contribution in [1.29, 1.82) is 0 Å². The van der Waals surface area contributed by atoms with Crippen LogP contribution in [0.2, 0.25) is 0 Å². The van der Waals surface area contributed by atoms with Crippen molar-refractivity contribution < 1.29 is 4.79 Å². The summed E-state index contributed by atoms with van der Waals surface area (Å²) in [7, 11) is 0. The van der Waals surface area contributed by atoms with Crippen molar-refractivity contribution in [3.8, 4) is 11.1 Å². The van der Waals surface area contributed by atoms with E-state index >= 15 is 0 Å². The average Bonchev–Trinajstić information content (AvgIpc) is 2.86. The molecule has 18 heavy (non-hydrogen) atoms. The van der Waals surface area contributed by atoms with E-state index in [4.69, 9.17) is 5.73 Å². The van der Waals surface area contributed by atoms with E-state index in [-0.39, 0.29) is 0 Å². The van der Waals surface area contributed by atoms with Crippen LogP contribution in [0, 0.1) is 0 Å². The van der Waals surface area contributed by atoms with Crippen LogP contribution in [0.15, 0.2) is 42.7 Å². The van der Waals surface area contributed by atoms with Crippen LogP contribution in [0.25, 0.3) is 22.2 Å². The van der Waals surface area contributed by atoms with Crippen LogP contribution in [-0.4, -0.2) is 21.1 Å². The molecule has 88 valence electrons. The Morgan fingerprint density at radius 2 is 1.94 bits per heavy atom. The van der Waals surface area contributed by atoms with Gasteiger partial charge in [0.15, 0.2) is 5.65 Å². The van der Waals surface area contributed by atoms with E-state index in [1.54, 1.807) is 6.20 Å². The first-order chi connectivity index (χ1) is 8.77. The Labute approximate surface area is 103 Å². The summed E-state index contributed by atoms with van der Waals surface area (Å²) in [5.74, 6) is -0.496. The first-order valence-corrected chi connectivity index (χ1v) is 5.44. The number of aromatic nitrogens is 3. The summed E-state index contributed by atoms with van der Waals surface area (Å²) < 4.78 is 0. The van der Waals surface area contributed by atoms with Crippen LogP contribution < -0.4 is 5.73 Å². The second-order valence-electron chi connectivity index (χ2n) is 3.91. The van der Waals surface area contributed by atoms with Gasteiger partial charge in [-0.2, -0.15) is 5.10 Å². The molecule has 0 radical (unpaired) electrons. The number of amides is 1. The summed E-state index contributed by atoms with van der Waals surface area (Å²) in [5.41, 5.74) is 8.12. The van der Waals surface area contributed by atoms with Gasteiger partial charge in [-0.05, 0) is 5.56 Å². The van der Waals surface area contributed by atoms with E-state index < -0.39 is 5.91 Å². The monoisotopic (exact) mass is 238 g/mol. The van der Waals surface area contributed by atoms with Crippen molar-refractivity contribution >= 4 is 16.9 Å². The van der Waals surface area contributed by atoms with E-state index in [0.717, 1.165) is 16.5 Å². The second kappa shape index (κ2) is 3.96. The fourth-order valence-corrected chi connectivity index (χ4v) is 2.00. The predicted octanol–water partition coefficient (Wildman–Crippen LogP) is 1.72. The number of carbonyl (C=O) groups is 1. The van der Waals surface area contributed by atoms with Gasteiger partial charge in [0.2, 0.25) is 0 Å². The topological polar surface area (TPSA) is 84.7 Å². The number of H-pyrrole nitrogens is 1. The number of aromatic amines is 1. The van der Waals surface area contributed by atoms with Gasteiger partial charge >= 0.3 is 0 Å². The maximum atomic E-state index is 11.5. The zero-order valence-electron chi connectivity index (χ0n) is 9.42. The molecule has 2 aromatic heterocycles. The molecule has 0 saturated heterocycles. The van der Waals surface area contributed by atoms with E-state index in [0.29, 0.717) is 11.2 Å². The Bertz CT molecular complexity index is 718. The summed E-state index contributed by atoms with van der Waals surface area (Å²) in [6, 6.07) is 9.59. The van der Waals surface area contributed by atoms with Gasteiger partial charge in [0, 0.05) is 17.1 Å². The van der Waals surface area contributed by atoms with E-state index in [2.05, 4.69) is 15.2 Å². The second-order valence-corrected chi connectivity index (χ2v) is 3.91. The number of benzene rings is 1. The lowest BCUT2D eigenvalue weighted by atomic mass is 9.98. The summed E-state index contributed by atoms with van der Waals surface area (Å²) in [4.78, 5) is 15.6. The number of rotatable bonds is 2. The molecule has 0 aliphatic heterocycles. The number of nitrogens with two attached hydrogens (primary N) is 1. The molecule has 0 aliphatic carbocycles. The third-order valence-corrected chi connectivity index (χ3v) is 2.81. The van der Waals surface area contributed by atoms with Crippen LogP contribution in [0.1, 0.15) is 10.4 Å². The van der Waals surface area contributed by atoms with Crippen molar-refractivity contribution in [3.05, 3.63) is 48.3 Å². The summed E-state index contributed by atoms with van der Waals surface area (Å²) >= 11 is 0. The molecular weight excluding hydrogens is 228 g/mol. The van der Waals surface area contributed by atoms with Crippen molar-refractivity contribution in [2.45, 2.75) is 0 Å². The molecule has 5 nitrogen and oxygen atoms in total. The molecule has 0 bridgehead atoms. The van der Waals surface area contributed by atoms with Gasteiger partial charge in [-0.3, -0.25) is 9.89 Å². The molecule has 1 aromatic carbocycles. The number of hydrogen-bond acceptors (Lipinski definition) is 3. The van der Waals surface area contributed by atoms with Crippen molar-refractivity contribution in [1.82, 2.24) is 15.2 Å². The molecule has 1 amide bonds. The number of primary amides is 1. The first-order valence-electron chi connectivity index (χ1n) is 5.44. The Balaban J connectivity index is 2.40. The van der Waals surface area contributed by atoms with Crippen LogP contribution in [0.4, 0.5) is 0 Å². The minimum absolute atomic E-state index is 0.398. The van der Waals surface area contributed by atoms with Crippen molar-refractivity contribution in [2.24, 2.45) is 5.73 Å². The van der Waals surface area contributed by atoms with Crippen molar-refractivity contribution in [3.63, 3.8) is 0 Å². The minimum Gasteiger partial charge on any atom is -0.366 e. The number of fused-ring (bicyclic) bond motifs is 1. The standard InChI is InChI=1S/C13H10N4O/c14-12(18)9-6-15-13-10(7-16-17-13)11(9)8-4-2-1-3-5-8/h1-7H,(H2,14,18)(H,15,16,17). The van der Waals surface area contributed by atoms with Gasteiger partial charge in [-0.15, -0.1) is 0 Å². The van der Waals surface area contributed by atoms with Gasteiger partial charge in [0.25, 0.3) is 5.91 Å². The molecule has 3 N–H and O–H groups in total. The van der Waals surface area contributed by atoms with Crippen LogP contribution >= 0.6 is 0 Å². The minimum atomic E-state index is -0.496. The quantitative estimate of drug-likeness (QED) is 0.712. The third kappa shape index (κ3) is 1.53. The molecule has 3 aromatic rings. The highest BCUT2D eigenvalue weighted by Gasteiger charge is 2.15. The average molecular weight is 238 g/mol. The van der Waals surface area contributed by atoms with E-state index in [1.807, 2.05) is 30.3 Å². The molecular formula is C13H10N4O. The number of hydrogen-bond donors (Lipinski definition) is 2. The Kier molecular flexibility index (Phi) is 2.30. The zero-order chi connectivity index (χ0) is 12.5. The molecule has 0 aliphatic rings. The highest BCUT2D eigenvalue weighted by molar-refractivity contribution is 6.07. The third-order valence-electron chi connectivity index (χ3n) is 2.81. The molecule has 0 spiro atoms. The van der Waals surface area contributed by atoms with Crippen LogP contribution in [0.5, 0.6) is 0 Å². The fraction of sp³-hybridized carbons (Fsp3) is 0. The normalized spacial score (nSPS) is 10.7. The van der Waals surface area contributed by atoms with E-state index in [1.165, 1.54) is 6.20 Å². The SMILES string of the molecule is NC(=O)c1cnc2[nH]ncc2c1-c1ccccc1. The van der Waals surface area contributed by atoms with Gasteiger partial charge in [-0.25, -0.2) is 4.98 Å². The summed E-state index contributed by atoms with van der Waals surface area (Å²) in [5, 5.41) is 7.52. The molecule has 3 rings (SSSR count). The molecule has 0 fully saturated rings. The Hall–Kier alpha value is -2.69. The Morgan fingerprint density at radius 3 is 2.67 bits per heavy atom. The molecule has 5 heteroatoms. The van der Waals surface area contributed by atoms with Crippen molar-refractivity contribution in [2.75, 3.05) is 0 Å². The van der Waals surface area contributed by atoms with Gasteiger partial charge < -0.3 is 5.73 Å². The number of pyridine rings is 1. The predicted molar refractivity (Wildman–Crippen MR) is 67.8 cm³/mol.